The number of imidazole rings is 1. The first kappa shape index (κ1) is 23.3. The number of aromatic amines is 1. The van der Waals surface area contributed by atoms with Gasteiger partial charge in [-0.1, -0.05) is 18.2 Å². The highest BCUT2D eigenvalue weighted by Crippen LogP contribution is 2.31. The van der Waals surface area contributed by atoms with Crippen molar-refractivity contribution in [2.24, 2.45) is 0 Å². The van der Waals surface area contributed by atoms with E-state index in [9.17, 15) is 28.3 Å². The fourth-order valence-corrected chi connectivity index (χ4v) is 3.19. The van der Waals surface area contributed by atoms with Crippen LogP contribution in [0.1, 0.15) is 21.7 Å². The zero-order chi connectivity index (χ0) is 25.0. The number of fused-ring (bicyclic) bond motifs is 1. The molecule has 0 aliphatic heterocycles. The number of para-hydroxylation sites is 2. The molecule has 35 heavy (non-hydrogen) atoms. The van der Waals surface area contributed by atoms with Crippen LogP contribution in [0, 0.1) is 11.3 Å². The van der Waals surface area contributed by atoms with E-state index in [-0.39, 0.29) is 28.5 Å². The lowest BCUT2D eigenvalue weighted by Crippen LogP contribution is -2.12. The molecule has 0 saturated carbocycles. The lowest BCUT2D eigenvalue weighted by Gasteiger charge is -2.13. The number of nitriles is 1. The van der Waals surface area contributed by atoms with E-state index in [1.807, 2.05) is 6.07 Å². The fourth-order valence-electron chi connectivity index (χ4n) is 3.19. The number of hydrogen-bond acceptors (Lipinski definition) is 7. The van der Waals surface area contributed by atoms with E-state index in [1.54, 1.807) is 24.3 Å². The summed E-state index contributed by atoms with van der Waals surface area (Å²) in [5, 5.41) is 22.5. The SMILES string of the molecule is N#C/C(=C(\O)COC(=O)c1cccnc1Nc1cccc(C(F)(F)F)c1)c1nc2ccccc2[nH]1. The third-order valence-corrected chi connectivity index (χ3v) is 4.85. The van der Waals surface area contributed by atoms with Gasteiger partial charge in [-0.25, -0.2) is 14.8 Å². The average Bonchev–Trinajstić information content (AvgIpc) is 3.27. The van der Waals surface area contributed by atoms with Gasteiger partial charge in [0.25, 0.3) is 0 Å². The number of carbonyl (C=O) groups excluding carboxylic acids is 1. The molecule has 0 saturated heterocycles. The minimum Gasteiger partial charge on any atom is -0.507 e. The fraction of sp³-hybridized carbons (Fsp3) is 0.0833. The third kappa shape index (κ3) is 5.22. The number of hydrogen-bond donors (Lipinski definition) is 3. The largest absolute Gasteiger partial charge is 0.507 e. The minimum atomic E-state index is -4.54. The number of rotatable bonds is 6. The zero-order valence-corrected chi connectivity index (χ0v) is 17.8. The van der Waals surface area contributed by atoms with Gasteiger partial charge in [-0.15, -0.1) is 0 Å². The number of aromatic nitrogens is 3. The van der Waals surface area contributed by atoms with Gasteiger partial charge >= 0.3 is 12.1 Å². The van der Waals surface area contributed by atoms with E-state index < -0.39 is 30.1 Å². The molecule has 0 spiro atoms. The van der Waals surface area contributed by atoms with Gasteiger partial charge in [0.05, 0.1) is 16.6 Å². The Morgan fingerprint density at radius 1 is 1.14 bits per heavy atom. The molecule has 0 atom stereocenters. The number of esters is 1. The van der Waals surface area contributed by atoms with Crippen molar-refractivity contribution >= 4 is 34.1 Å². The van der Waals surface area contributed by atoms with E-state index >= 15 is 0 Å². The van der Waals surface area contributed by atoms with Crippen LogP contribution in [0.2, 0.25) is 0 Å². The predicted octanol–water partition coefficient (Wildman–Crippen LogP) is 5.37. The van der Waals surface area contributed by atoms with Crippen LogP contribution in [0.15, 0.2) is 72.6 Å². The van der Waals surface area contributed by atoms with Crippen LogP contribution in [-0.2, 0) is 10.9 Å². The number of ether oxygens (including phenoxy) is 1. The van der Waals surface area contributed by atoms with Crippen molar-refractivity contribution in [3.8, 4) is 6.07 Å². The summed E-state index contributed by atoms with van der Waals surface area (Å²) in [6.45, 7) is -0.642. The number of halogens is 3. The number of aliphatic hydroxyl groups excluding tert-OH is 1. The highest BCUT2D eigenvalue weighted by Gasteiger charge is 2.30. The second-order valence-electron chi connectivity index (χ2n) is 7.22. The Morgan fingerprint density at radius 2 is 1.94 bits per heavy atom. The maximum absolute atomic E-state index is 13.0. The number of alkyl halides is 3. The highest BCUT2D eigenvalue weighted by atomic mass is 19.4. The van der Waals surface area contributed by atoms with Crippen LogP contribution in [0.3, 0.4) is 0 Å². The molecule has 0 bridgehead atoms. The topological polar surface area (TPSA) is 124 Å². The third-order valence-electron chi connectivity index (χ3n) is 4.85. The van der Waals surface area contributed by atoms with Gasteiger partial charge in [0.15, 0.2) is 11.6 Å². The van der Waals surface area contributed by atoms with Crippen molar-refractivity contribution in [2.75, 3.05) is 11.9 Å². The molecule has 2 aromatic heterocycles. The smallest absolute Gasteiger partial charge is 0.416 e. The molecule has 0 aliphatic rings. The Hall–Kier alpha value is -4.85. The standard InChI is InChI=1S/C24H16F3N5O3/c25-24(26,27)14-5-3-6-15(11-14)30-21-16(7-4-10-29-21)23(34)35-13-20(33)17(12-28)22-31-18-8-1-2-9-19(18)32-22/h1-11,33H,13H2,(H,29,30)(H,31,32)/b20-17+. The molecular weight excluding hydrogens is 463 g/mol. The molecular formula is C24H16F3N5O3. The summed E-state index contributed by atoms with van der Waals surface area (Å²) in [6, 6.07) is 16.1. The number of allylic oxidation sites excluding steroid dienone is 1. The Kier molecular flexibility index (Phi) is 6.37. The van der Waals surface area contributed by atoms with E-state index in [0.29, 0.717) is 11.0 Å². The molecule has 0 aliphatic carbocycles. The number of benzene rings is 2. The summed E-state index contributed by atoms with van der Waals surface area (Å²) in [5.41, 5.74) is 0.142. The Morgan fingerprint density at radius 3 is 2.69 bits per heavy atom. The van der Waals surface area contributed by atoms with Gasteiger partial charge < -0.3 is 20.1 Å². The average molecular weight is 479 g/mol. The quantitative estimate of drug-likeness (QED) is 0.193. The predicted molar refractivity (Wildman–Crippen MR) is 121 cm³/mol. The molecule has 0 unspecified atom stereocenters. The molecule has 3 N–H and O–H groups in total. The second-order valence-corrected chi connectivity index (χ2v) is 7.22. The number of H-pyrrole nitrogens is 1. The summed E-state index contributed by atoms with van der Waals surface area (Å²) in [4.78, 5) is 23.8. The van der Waals surface area contributed by atoms with Crippen LogP contribution in [0.4, 0.5) is 24.7 Å². The lowest BCUT2D eigenvalue weighted by atomic mass is 10.2. The summed E-state index contributed by atoms with van der Waals surface area (Å²) in [7, 11) is 0. The molecule has 0 fully saturated rings. The summed E-state index contributed by atoms with van der Waals surface area (Å²) >= 11 is 0. The van der Waals surface area contributed by atoms with Crippen LogP contribution in [-0.4, -0.2) is 32.6 Å². The van der Waals surface area contributed by atoms with Crippen LogP contribution < -0.4 is 5.32 Å². The van der Waals surface area contributed by atoms with Crippen molar-refractivity contribution in [3.05, 3.63) is 89.6 Å². The molecule has 176 valence electrons. The van der Waals surface area contributed by atoms with Crippen molar-refractivity contribution in [1.82, 2.24) is 15.0 Å². The van der Waals surface area contributed by atoms with Gasteiger partial charge in [0, 0.05) is 11.9 Å². The number of pyridine rings is 1. The Labute approximate surface area is 196 Å². The number of carbonyl (C=O) groups is 1. The number of aliphatic hydroxyl groups is 1. The molecule has 4 rings (SSSR count). The Bertz CT molecular complexity index is 1440. The molecule has 8 nitrogen and oxygen atoms in total. The van der Waals surface area contributed by atoms with Crippen molar-refractivity contribution in [2.45, 2.75) is 6.18 Å². The summed E-state index contributed by atoms with van der Waals surface area (Å²) in [6.07, 6.45) is -3.19. The Balaban J connectivity index is 1.52. The first-order valence-electron chi connectivity index (χ1n) is 10.1. The number of nitrogens with zero attached hydrogens (tertiary/aromatic N) is 3. The van der Waals surface area contributed by atoms with Gasteiger partial charge in [0.2, 0.25) is 0 Å². The molecule has 11 heteroatoms. The monoisotopic (exact) mass is 479 g/mol. The van der Waals surface area contributed by atoms with Crippen LogP contribution >= 0.6 is 0 Å². The van der Waals surface area contributed by atoms with Crippen LogP contribution in [0.5, 0.6) is 0 Å². The number of nitrogens with one attached hydrogen (secondary N) is 2. The maximum Gasteiger partial charge on any atom is 0.416 e. The summed E-state index contributed by atoms with van der Waals surface area (Å²) in [5.74, 6) is -1.38. The minimum absolute atomic E-state index is 0.0434. The first-order valence-corrected chi connectivity index (χ1v) is 10.1. The highest BCUT2D eigenvalue weighted by molar-refractivity contribution is 5.95. The van der Waals surface area contributed by atoms with E-state index in [0.717, 1.165) is 12.1 Å². The van der Waals surface area contributed by atoms with Crippen LogP contribution in [0.25, 0.3) is 16.6 Å². The first-order chi connectivity index (χ1) is 16.8. The second kappa shape index (κ2) is 9.56. The van der Waals surface area contributed by atoms with E-state index in [4.69, 9.17) is 4.74 Å². The van der Waals surface area contributed by atoms with E-state index in [1.165, 1.54) is 30.5 Å². The summed E-state index contributed by atoms with van der Waals surface area (Å²) < 4.78 is 44.1. The van der Waals surface area contributed by atoms with E-state index in [2.05, 4.69) is 20.3 Å². The van der Waals surface area contributed by atoms with Gasteiger partial charge in [-0.3, -0.25) is 0 Å². The van der Waals surface area contributed by atoms with Gasteiger partial charge in [-0.2, -0.15) is 18.4 Å². The van der Waals surface area contributed by atoms with Gasteiger partial charge in [0.1, 0.15) is 29.6 Å². The normalized spacial score (nSPS) is 12.1. The molecule has 2 aromatic carbocycles. The van der Waals surface area contributed by atoms with Crippen molar-refractivity contribution < 1.29 is 27.8 Å². The molecule has 0 radical (unpaired) electrons. The van der Waals surface area contributed by atoms with Crippen molar-refractivity contribution in [3.63, 3.8) is 0 Å². The molecule has 4 aromatic rings. The van der Waals surface area contributed by atoms with Crippen molar-refractivity contribution in [1.29, 1.82) is 5.26 Å². The van der Waals surface area contributed by atoms with Gasteiger partial charge in [-0.05, 0) is 42.5 Å². The molecule has 2 heterocycles. The zero-order valence-electron chi connectivity index (χ0n) is 17.8. The molecule has 0 amide bonds. The maximum atomic E-state index is 13.0. The lowest BCUT2D eigenvalue weighted by molar-refractivity contribution is -0.137. The number of anilines is 2.